The minimum absolute atomic E-state index is 0.146. The number of nitrogens with zero attached hydrogens (tertiary/aromatic N) is 1. The summed E-state index contributed by atoms with van der Waals surface area (Å²) in [5.41, 5.74) is 0.500. The minimum Gasteiger partial charge on any atom is -0.506 e. The summed E-state index contributed by atoms with van der Waals surface area (Å²) in [6.07, 6.45) is 1.60. The van der Waals surface area contributed by atoms with Gasteiger partial charge in [-0.1, -0.05) is 11.6 Å². The first-order valence-electron chi connectivity index (χ1n) is 3.21. The molecule has 3 heteroatoms. The molecule has 0 saturated heterocycles. The molecule has 0 amide bonds. The molecule has 0 saturated carbocycles. The molecule has 1 aromatic rings. The van der Waals surface area contributed by atoms with Gasteiger partial charge >= 0.3 is 0 Å². The first-order valence-corrected chi connectivity index (χ1v) is 3.59. The van der Waals surface area contributed by atoms with Gasteiger partial charge in [-0.25, -0.2) is 0 Å². The number of benzene rings is 1. The van der Waals surface area contributed by atoms with Gasteiger partial charge in [0.15, 0.2) is 0 Å². The molecule has 0 aromatic heterocycles. The fourth-order valence-corrected chi connectivity index (χ4v) is 0.905. The van der Waals surface area contributed by atoms with Crippen LogP contribution < -0.4 is 0 Å². The predicted molar refractivity (Wildman–Crippen MR) is 46.9 cm³/mol. The number of hydrogen-bond acceptors (Lipinski definition) is 2. The summed E-state index contributed by atoms with van der Waals surface area (Å²) in [5, 5.41) is 9.77. The van der Waals surface area contributed by atoms with Crippen LogP contribution in [0.4, 0.5) is 5.69 Å². The van der Waals surface area contributed by atoms with Crippen LogP contribution in [0.15, 0.2) is 23.2 Å². The van der Waals surface area contributed by atoms with Crippen molar-refractivity contribution in [2.75, 3.05) is 0 Å². The smallest absolute Gasteiger partial charge is 0.141 e. The number of halogens is 1. The summed E-state index contributed by atoms with van der Waals surface area (Å²) in [4.78, 5) is 3.91. The molecular formula is C8H8ClNO. The van der Waals surface area contributed by atoms with Crippen LogP contribution >= 0.6 is 11.6 Å². The molecule has 2 nitrogen and oxygen atoms in total. The first-order chi connectivity index (χ1) is 5.24. The Hall–Kier alpha value is -1.02. The Morgan fingerprint density at radius 1 is 1.55 bits per heavy atom. The summed E-state index contributed by atoms with van der Waals surface area (Å²) in [7, 11) is 0. The van der Waals surface area contributed by atoms with Gasteiger partial charge in [0.1, 0.15) is 11.4 Å². The molecule has 58 valence electrons. The molecule has 0 atom stereocenters. The topological polar surface area (TPSA) is 32.6 Å². The largest absolute Gasteiger partial charge is 0.506 e. The lowest BCUT2D eigenvalue weighted by molar-refractivity contribution is 0.477. The van der Waals surface area contributed by atoms with Gasteiger partial charge < -0.3 is 5.11 Å². The molecule has 0 unspecified atom stereocenters. The van der Waals surface area contributed by atoms with Crippen molar-refractivity contribution < 1.29 is 5.11 Å². The van der Waals surface area contributed by atoms with E-state index in [0.29, 0.717) is 10.7 Å². The molecule has 11 heavy (non-hydrogen) atoms. The summed E-state index contributed by atoms with van der Waals surface area (Å²) in [5.74, 6) is 0.146. The zero-order valence-corrected chi connectivity index (χ0v) is 6.84. The van der Waals surface area contributed by atoms with E-state index in [4.69, 9.17) is 11.6 Å². The Kier molecular flexibility index (Phi) is 2.49. The van der Waals surface area contributed by atoms with E-state index in [0.717, 1.165) is 0 Å². The molecule has 1 rings (SSSR count). The normalized spacial score (nSPS) is 10.7. The van der Waals surface area contributed by atoms with Crippen molar-refractivity contribution in [2.45, 2.75) is 6.92 Å². The third kappa shape index (κ3) is 1.95. The lowest BCUT2D eigenvalue weighted by Gasteiger charge is -1.97. The zero-order valence-electron chi connectivity index (χ0n) is 6.08. The van der Waals surface area contributed by atoms with E-state index in [1.54, 1.807) is 25.3 Å². The molecule has 0 aliphatic carbocycles. The molecule has 0 spiro atoms. The highest BCUT2D eigenvalue weighted by Crippen LogP contribution is 2.28. The van der Waals surface area contributed by atoms with Crippen molar-refractivity contribution in [3.8, 4) is 5.75 Å². The lowest BCUT2D eigenvalue weighted by atomic mass is 10.3. The maximum atomic E-state index is 9.19. The van der Waals surface area contributed by atoms with Gasteiger partial charge in [0, 0.05) is 11.2 Å². The second kappa shape index (κ2) is 3.39. The van der Waals surface area contributed by atoms with Crippen molar-refractivity contribution in [1.29, 1.82) is 0 Å². The van der Waals surface area contributed by atoms with Crippen molar-refractivity contribution in [3.63, 3.8) is 0 Å². The fraction of sp³-hybridized carbons (Fsp3) is 0.125. The molecular weight excluding hydrogens is 162 g/mol. The second-order valence-corrected chi connectivity index (χ2v) is 2.46. The molecule has 0 aliphatic heterocycles. The molecule has 0 heterocycles. The van der Waals surface area contributed by atoms with Crippen LogP contribution in [-0.2, 0) is 0 Å². The third-order valence-corrected chi connectivity index (χ3v) is 1.44. The average molecular weight is 170 g/mol. The standard InChI is InChI=1S/C8H8ClNO/c1-2-10-7-5-6(9)3-4-8(7)11/h2-5,11H,1H3/b10-2+. The van der Waals surface area contributed by atoms with Crippen LogP contribution in [-0.4, -0.2) is 11.3 Å². The molecule has 1 aromatic carbocycles. The zero-order chi connectivity index (χ0) is 8.27. The molecule has 0 bridgehead atoms. The van der Waals surface area contributed by atoms with Crippen LogP contribution in [0.3, 0.4) is 0 Å². The van der Waals surface area contributed by atoms with E-state index in [1.807, 2.05) is 0 Å². The van der Waals surface area contributed by atoms with Gasteiger partial charge in [0.25, 0.3) is 0 Å². The fourth-order valence-electron chi connectivity index (χ4n) is 0.739. The number of rotatable bonds is 1. The van der Waals surface area contributed by atoms with Crippen molar-refractivity contribution in [2.24, 2.45) is 4.99 Å². The summed E-state index contributed by atoms with van der Waals surface area (Å²) in [6.45, 7) is 1.78. The minimum atomic E-state index is 0.146. The Labute approximate surface area is 70.2 Å². The van der Waals surface area contributed by atoms with E-state index < -0.39 is 0 Å². The number of phenolic OH excluding ortho intramolecular Hbond substituents is 1. The quantitative estimate of drug-likeness (QED) is 0.645. The Morgan fingerprint density at radius 3 is 2.91 bits per heavy atom. The van der Waals surface area contributed by atoms with Crippen LogP contribution in [0.1, 0.15) is 6.92 Å². The van der Waals surface area contributed by atoms with E-state index in [1.165, 1.54) is 6.07 Å². The van der Waals surface area contributed by atoms with E-state index in [9.17, 15) is 5.11 Å². The van der Waals surface area contributed by atoms with Gasteiger partial charge in [0.05, 0.1) is 0 Å². The molecule has 0 aliphatic rings. The van der Waals surface area contributed by atoms with Crippen molar-refractivity contribution >= 4 is 23.5 Å². The number of phenols is 1. The number of aliphatic imine (C=N–C) groups is 1. The predicted octanol–water partition coefficient (Wildman–Crippen LogP) is 2.77. The molecule has 1 N–H and O–H groups in total. The monoisotopic (exact) mass is 169 g/mol. The van der Waals surface area contributed by atoms with Crippen LogP contribution in [0.25, 0.3) is 0 Å². The highest BCUT2D eigenvalue weighted by molar-refractivity contribution is 6.30. The Balaban J connectivity index is 3.12. The highest BCUT2D eigenvalue weighted by atomic mass is 35.5. The first kappa shape index (κ1) is 8.08. The van der Waals surface area contributed by atoms with Gasteiger partial charge in [0.2, 0.25) is 0 Å². The van der Waals surface area contributed by atoms with Gasteiger partial charge in [-0.2, -0.15) is 0 Å². The SMILES string of the molecule is C/C=N/c1cc(Cl)ccc1O. The Bertz CT molecular complexity index is 283. The summed E-state index contributed by atoms with van der Waals surface area (Å²) in [6, 6.07) is 4.74. The summed E-state index contributed by atoms with van der Waals surface area (Å²) < 4.78 is 0. The van der Waals surface area contributed by atoms with Crippen molar-refractivity contribution in [3.05, 3.63) is 23.2 Å². The number of aromatic hydroxyl groups is 1. The van der Waals surface area contributed by atoms with Gasteiger partial charge in [-0.15, -0.1) is 0 Å². The van der Waals surface area contributed by atoms with Crippen LogP contribution in [0, 0.1) is 0 Å². The van der Waals surface area contributed by atoms with E-state index in [2.05, 4.69) is 4.99 Å². The van der Waals surface area contributed by atoms with Gasteiger partial charge in [-0.05, 0) is 25.1 Å². The molecule has 0 fully saturated rings. The van der Waals surface area contributed by atoms with Crippen molar-refractivity contribution in [1.82, 2.24) is 0 Å². The van der Waals surface area contributed by atoms with Crippen LogP contribution in [0.5, 0.6) is 5.75 Å². The summed E-state index contributed by atoms with van der Waals surface area (Å²) >= 11 is 5.67. The van der Waals surface area contributed by atoms with Crippen LogP contribution in [0.2, 0.25) is 5.02 Å². The Morgan fingerprint density at radius 2 is 2.27 bits per heavy atom. The maximum absolute atomic E-state index is 9.19. The second-order valence-electron chi connectivity index (χ2n) is 2.02. The highest BCUT2D eigenvalue weighted by Gasteiger charge is 1.97. The maximum Gasteiger partial charge on any atom is 0.141 e. The third-order valence-electron chi connectivity index (χ3n) is 1.21. The molecule has 0 radical (unpaired) electrons. The van der Waals surface area contributed by atoms with Gasteiger partial charge in [-0.3, -0.25) is 4.99 Å². The van der Waals surface area contributed by atoms with E-state index in [-0.39, 0.29) is 5.75 Å². The lowest BCUT2D eigenvalue weighted by Crippen LogP contribution is -1.69. The average Bonchev–Trinajstić information content (AvgIpc) is 1.98. The van der Waals surface area contributed by atoms with E-state index >= 15 is 0 Å². The number of hydrogen-bond donors (Lipinski definition) is 1.